The third-order valence-electron chi connectivity index (χ3n) is 5.01. The van der Waals surface area contributed by atoms with Crippen molar-refractivity contribution < 1.29 is 19.1 Å². The van der Waals surface area contributed by atoms with E-state index in [2.05, 4.69) is 29.5 Å². The highest BCUT2D eigenvalue weighted by Gasteiger charge is 2.28. The Morgan fingerprint density at radius 3 is 2.86 bits per heavy atom. The van der Waals surface area contributed by atoms with Gasteiger partial charge in [-0.15, -0.1) is 0 Å². The summed E-state index contributed by atoms with van der Waals surface area (Å²) in [5.41, 5.74) is 2.16. The molecule has 1 saturated heterocycles. The monoisotopic (exact) mass is 388 g/mol. The van der Waals surface area contributed by atoms with Gasteiger partial charge in [0.15, 0.2) is 5.69 Å². The summed E-state index contributed by atoms with van der Waals surface area (Å²) in [5, 5.41) is 6.88. The number of rotatable bonds is 7. The Kier molecular flexibility index (Phi) is 6.18. The van der Waals surface area contributed by atoms with E-state index >= 15 is 0 Å². The topological polar surface area (TPSA) is 94.5 Å². The molecule has 2 atom stereocenters. The van der Waals surface area contributed by atoms with Gasteiger partial charge in [0.2, 0.25) is 5.91 Å². The Labute approximate surface area is 164 Å². The Bertz CT molecular complexity index is 871. The fourth-order valence-electron chi connectivity index (χ4n) is 3.47. The molecule has 0 aromatic carbocycles. The van der Waals surface area contributed by atoms with Gasteiger partial charge < -0.3 is 24.7 Å². The number of carbonyl (C=O) groups excluding carboxylic acids is 2. The largest absolute Gasteiger partial charge is 0.464 e. The van der Waals surface area contributed by atoms with Gasteiger partial charge in [0.1, 0.15) is 5.65 Å². The van der Waals surface area contributed by atoms with Gasteiger partial charge in [-0.05, 0) is 32.3 Å². The molecule has 0 bridgehead atoms. The van der Waals surface area contributed by atoms with Crippen LogP contribution in [-0.2, 0) is 20.8 Å². The number of nitrogens with one attached hydrogen (secondary N) is 2. The summed E-state index contributed by atoms with van der Waals surface area (Å²) < 4.78 is 12.6. The molecule has 28 heavy (non-hydrogen) atoms. The van der Waals surface area contributed by atoms with Gasteiger partial charge in [0, 0.05) is 25.0 Å². The van der Waals surface area contributed by atoms with Crippen molar-refractivity contribution in [1.82, 2.24) is 9.55 Å². The van der Waals surface area contributed by atoms with Crippen LogP contribution in [0.25, 0.3) is 11.0 Å². The average molecular weight is 388 g/mol. The van der Waals surface area contributed by atoms with Gasteiger partial charge in [-0.1, -0.05) is 6.92 Å². The van der Waals surface area contributed by atoms with Gasteiger partial charge in [-0.3, -0.25) is 4.79 Å². The van der Waals surface area contributed by atoms with E-state index in [-0.39, 0.29) is 23.7 Å². The predicted molar refractivity (Wildman–Crippen MR) is 108 cm³/mol. The fourth-order valence-corrected chi connectivity index (χ4v) is 3.47. The average Bonchev–Trinajstić information content (AvgIpc) is 3.28. The molecule has 0 saturated carbocycles. The number of ether oxygens (including phenoxy) is 2. The summed E-state index contributed by atoms with van der Waals surface area (Å²) in [7, 11) is 1.33. The first-order valence-corrected chi connectivity index (χ1v) is 9.70. The molecule has 1 aliphatic heterocycles. The normalized spacial score (nSPS) is 17.5. The first-order chi connectivity index (χ1) is 13.4. The summed E-state index contributed by atoms with van der Waals surface area (Å²) in [6.07, 6.45) is 4.63. The summed E-state index contributed by atoms with van der Waals surface area (Å²) in [5.74, 6) is -0.780. The number of anilines is 2. The van der Waals surface area contributed by atoms with Crippen LogP contribution in [0.3, 0.4) is 0 Å². The van der Waals surface area contributed by atoms with Gasteiger partial charge in [0.25, 0.3) is 0 Å². The molecule has 8 nitrogen and oxygen atoms in total. The smallest absolute Gasteiger partial charge is 0.356 e. The summed E-state index contributed by atoms with van der Waals surface area (Å²) in [6.45, 7) is 6.79. The van der Waals surface area contributed by atoms with Crippen molar-refractivity contribution in [3.8, 4) is 0 Å². The Morgan fingerprint density at radius 1 is 1.46 bits per heavy atom. The highest BCUT2D eigenvalue weighted by Crippen LogP contribution is 2.34. The third-order valence-corrected chi connectivity index (χ3v) is 5.01. The second-order valence-corrected chi connectivity index (χ2v) is 7.19. The van der Waals surface area contributed by atoms with Crippen molar-refractivity contribution in [2.45, 2.75) is 58.7 Å². The number of methoxy groups -OCH3 is 1. The Morgan fingerprint density at radius 2 is 2.25 bits per heavy atom. The van der Waals surface area contributed by atoms with E-state index in [4.69, 9.17) is 9.47 Å². The maximum absolute atomic E-state index is 12.6. The third kappa shape index (κ3) is 4.11. The standard InChI is InChI=1S/C20H28N4O4/c1-5-12(2)22-14-9-16-17(23-13(3)25)18(20(26)27-4)24(19(16)21-10-14)11-15-7-6-8-28-15/h9-10,12,15,22H,5-8,11H2,1-4H3,(H,23,25). The molecule has 0 aliphatic carbocycles. The molecule has 2 N–H and O–H groups in total. The molecule has 152 valence electrons. The van der Waals surface area contributed by atoms with E-state index in [1.54, 1.807) is 10.8 Å². The van der Waals surface area contributed by atoms with Gasteiger partial charge >= 0.3 is 5.97 Å². The van der Waals surface area contributed by atoms with Crippen LogP contribution in [0.15, 0.2) is 12.3 Å². The molecule has 8 heteroatoms. The number of pyridine rings is 1. The summed E-state index contributed by atoms with van der Waals surface area (Å²) in [4.78, 5) is 29.1. The maximum atomic E-state index is 12.6. The van der Waals surface area contributed by atoms with Crippen molar-refractivity contribution in [2.75, 3.05) is 24.4 Å². The SMILES string of the molecule is CCC(C)Nc1cnc2c(c1)c(NC(C)=O)c(C(=O)OC)n2CC1CCCO1. The predicted octanol–water partition coefficient (Wildman–Crippen LogP) is 3.17. The highest BCUT2D eigenvalue weighted by molar-refractivity contribution is 6.10. The molecule has 3 heterocycles. The molecule has 1 aliphatic rings. The van der Waals surface area contributed by atoms with Gasteiger partial charge in [-0.2, -0.15) is 0 Å². The second-order valence-electron chi connectivity index (χ2n) is 7.19. The Hall–Kier alpha value is -2.61. The number of aromatic nitrogens is 2. The minimum Gasteiger partial charge on any atom is -0.464 e. The van der Waals surface area contributed by atoms with Crippen LogP contribution in [-0.4, -0.2) is 47.3 Å². The zero-order valence-corrected chi connectivity index (χ0v) is 16.9. The van der Waals surface area contributed by atoms with E-state index in [0.717, 1.165) is 24.9 Å². The van der Waals surface area contributed by atoms with E-state index in [0.29, 0.717) is 29.9 Å². The molecule has 1 amide bonds. The lowest BCUT2D eigenvalue weighted by Crippen LogP contribution is -2.21. The number of carbonyl (C=O) groups is 2. The lowest BCUT2D eigenvalue weighted by molar-refractivity contribution is -0.114. The number of hydrogen-bond acceptors (Lipinski definition) is 6. The maximum Gasteiger partial charge on any atom is 0.356 e. The van der Waals surface area contributed by atoms with Gasteiger partial charge in [0.05, 0.1) is 37.3 Å². The lowest BCUT2D eigenvalue weighted by Gasteiger charge is -2.15. The van der Waals surface area contributed by atoms with Crippen molar-refractivity contribution in [2.24, 2.45) is 0 Å². The minimum atomic E-state index is -0.517. The fraction of sp³-hybridized carbons (Fsp3) is 0.550. The molecule has 2 aromatic heterocycles. The molecular weight excluding hydrogens is 360 g/mol. The van der Waals surface area contributed by atoms with E-state index < -0.39 is 5.97 Å². The van der Waals surface area contributed by atoms with Crippen LogP contribution in [0.2, 0.25) is 0 Å². The quantitative estimate of drug-likeness (QED) is 0.708. The first kappa shape index (κ1) is 20.1. The number of esters is 1. The van der Waals surface area contributed by atoms with Crippen LogP contribution < -0.4 is 10.6 Å². The lowest BCUT2D eigenvalue weighted by atomic mass is 10.2. The zero-order valence-electron chi connectivity index (χ0n) is 16.9. The number of fused-ring (bicyclic) bond motifs is 1. The molecule has 2 unspecified atom stereocenters. The number of nitrogens with zero attached hydrogens (tertiary/aromatic N) is 2. The number of hydrogen-bond donors (Lipinski definition) is 2. The van der Waals surface area contributed by atoms with Gasteiger partial charge in [-0.25, -0.2) is 9.78 Å². The van der Waals surface area contributed by atoms with Crippen molar-refractivity contribution in [1.29, 1.82) is 0 Å². The van der Waals surface area contributed by atoms with Crippen molar-refractivity contribution in [3.63, 3.8) is 0 Å². The van der Waals surface area contributed by atoms with Crippen LogP contribution in [0.1, 0.15) is 50.5 Å². The summed E-state index contributed by atoms with van der Waals surface area (Å²) >= 11 is 0. The zero-order chi connectivity index (χ0) is 20.3. The van der Waals surface area contributed by atoms with Crippen molar-refractivity contribution >= 4 is 34.3 Å². The summed E-state index contributed by atoms with van der Waals surface area (Å²) in [6, 6.07) is 2.19. The molecule has 0 spiro atoms. The molecular formula is C20H28N4O4. The van der Waals surface area contributed by atoms with Crippen LogP contribution in [0.5, 0.6) is 0 Å². The second kappa shape index (κ2) is 8.60. The molecule has 2 aromatic rings. The number of amides is 1. The van der Waals surface area contributed by atoms with E-state index in [1.165, 1.54) is 14.0 Å². The van der Waals surface area contributed by atoms with Crippen LogP contribution >= 0.6 is 0 Å². The molecule has 3 rings (SSSR count). The Balaban J connectivity index is 2.16. The highest BCUT2D eigenvalue weighted by atomic mass is 16.5. The minimum absolute atomic E-state index is 0.00361. The molecule has 0 radical (unpaired) electrons. The van der Waals surface area contributed by atoms with Crippen molar-refractivity contribution in [3.05, 3.63) is 18.0 Å². The van der Waals surface area contributed by atoms with E-state index in [1.807, 2.05) is 6.07 Å². The van der Waals surface area contributed by atoms with Crippen LogP contribution in [0, 0.1) is 0 Å². The first-order valence-electron chi connectivity index (χ1n) is 9.70. The van der Waals surface area contributed by atoms with Crippen LogP contribution in [0.4, 0.5) is 11.4 Å². The van der Waals surface area contributed by atoms with E-state index in [9.17, 15) is 9.59 Å². The molecule has 1 fully saturated rings.